The molecule has 1 saturated carbocycles. The van der Waals surface area contributed by atoms with Crippen molar-refractivity contribution < 1.29 is 9.53 Å². The van der Waals surface area contributed by atoms with Crippen LogP contribution < -0.4 is 11.1 Å². The fourth-order valence-electron chi connectivity index (χ4n) is 4.26. The maximum absolute atomic E-state index is 12.8. The first-order valence-corrected chi connectivity index (χ1v) is 9.16. The van der Waals surface area contributed by atoms with E-state index in [9.17, 15) is 4.79 Å². The molecule has 4 nitrogen and oxygen atoms in total. The summed E-state index contributed by atoms with van der Waals surface area (Å²) in [4.78, 5) is 12.8. The summed E-state index contributed by atoms with van der Waals surface area (Å²) in [6, 6.07) is 8.59. The molecule has 2 aliphatic carbocycles. The minimum atomic E-state index is -0.832. The molecule has 0 saturated heterocycles. The summed E-state index contributed by atoms with van der Waals surface area (Å²) in [7, 11) is 0. The van der Waals surface area contributed by atoms with Gasteiger partial charge in [-0.25, -0.2) is 0 Å². The Morgan fingerprint density at radius 1 is 1.38 bits per heavy atom. The van der Waals surface area contributed by atoms with Crippen molar-refractivity contribution in [3.05, 3.63) is 35.4 Å². The smallest absolute Gasteiger partial charge is 0.240 e. The summed E-state index contributed by atoms with van der Waals surface area (Å²) in [6.07, 6.45) is 4.11. The molecular formula is C20H30N2O2. The first kappa shape index (κ1) is 17.4. The van der Waals surface area contributed by atoms with Gasteiger partial charge in [-0.3, -0.25) is 4.79 Å². The Hall–Kier alpha value is -1.39. The Balaban J connectivity index is 1.63. The Morgan fingerprint density at radius 3 is 2.83 bits per heavy atom. The fourth-order valence-corrected chi connectivity index (χ4v) is 4.26. The number of nitrogens with one attached hydrogen (secondary N) is 1. The molecule has 0 radical (unpaired) electrons. The molecule has 0 bridgehead atoms. The van der Waals surface area contributed by atoms with Gasteiger partial charge in [-0.1, -0.05) is 38.1 Å². The van der Waals surface area contributed by atoms with E-state index < -0.39 is 5.54 Å². The molecule has 4 heteroatoms. The van der Waals surface area contributed by atoms with E-state index in [0.717, 1.165) is 12.8 Å². The monoisotopic (exact) mass is 330 g/mol. The molecule has 3 unspecified atom stereocenters. The Kier molecular flexibility index (Phi) is 4.71. The number of carbonyl (C=O) groups excluding carboxylic acids is 1. The summed E-state index contributed by atoms with van der Waals surface area (Å²) >= 11 is 0. The van der Waals surface area contributed by atoms with Gasteiger partial charge < -0.3 is 15.8 Å². The topological polar surface area (TPSA) is 64.3 Å². The summed E-state index contributed by atoms with van der Waals surface area (Å²) in [5.41, 5.74) is 8.10. The van der Waals surface area contributed by atoms with Crippen molar-refractivity contribution in [2.24, 2.45) is 11.1 Å². The van der Waals surface area contributed by atoms with E-state index in [1.807, 2.05) is 20.8 Å². The van der Waals surface area contributed by atoms with Gasteiger partial charge in [-0.2, -0.15) is 0 Å². The molecule has 0 spiro atoms. The van der Waals surface area contributed by atoms with Gasteiger partial charge in [-0.15, -0.1) is 0 Å². The van der Waals surface area contributed by atoms with Crippen LogP contribution in [0.25, 0.3) is 0 Å². The van der Waals surface area contributed by atoms with Gasteiger partial charge in [0.05, 0.1) is 6.10 Å². The highest BCUT2D eigenvalue weighted by Gasteiger charge is 2.62. The zero-order chi connectivity index (χ0) is 17.4. The number of aryl methyl sites for hydroxylation is 1. The summed E-state index contributed by atoms with van der Waals surface area (Å²) in [5.74, 6) is 0.361. The largest absolute Gasteiger partial charge is 0.378 e. The minimum Gasteiger partial charge on any atom is -0.378 e. The van der Waals surface area contributed by atoms with Crippen molar-refractivity contribution >= 4 is 5.91 Å². The van der Waals surface area contributed by atoms with E-state index in [2.05, 4.69) is 29.6 Å². The summed E-state index contributed by atoms with van der Waals surface area (Å²) < 4.78 is 5.72. The van der Waals surface area contributed by atoms with Crippen molar-refractivity contribution in [1.29, 1.82) is 0 Å². The number of nitrogens with two attached hydrogens (primary N) is 1. The lowest BCUT2D eigenvalue weighted by Crippen LogP contribution is -2.75. The van der Waals surface area contributed by atoms with E-state index in [0.29, 0.717) is 25.5 Å². The molecule has 1 aromatic rings. The number of fused-ring (bicyclic) bond motifs is 1. The SMILES string of the molecule is CCOC1CC(N)(C(=O)NCC2CCCc3ccccc32)C1(C)C. The second kappa shape index (κ2) is 6.49. The predicted octanol–water partition coefficient (Wildman–Crippen LogP) is 2.76. The fraction of sp³-hybridized carbons (Fsp3) is 0.650. The highest BCUT2D eigenvalue weighted by atomic mass is 16.5. The number of benzene rings is 1. The van der Waals surface area contributed by atoms with Crippen molar-refractivity contribution in [3.63, 3.8) is 0 Å². The summed E-state index contributed by atoms with van der Waals surface area (Å²) in [6.45, 7) is 7.38. The van der Waals surface area contributed by atoms with E-state index in [1.165, 1.54) is 17.5 Å². The first-order chi connectivity index (χ1) is 11.4. The number of ether oxygens (including phenoxy) is 1. The molecule has 24 heavy (non-hydrogen) atoms. The van der Waals surface area contributed by atoms with Gasteiger partial charge in [0.15, 0.2) is 0 Å². The summed E-state index contributed by atoms with van der Waals surface area (Å²) in [5, 5.41) is 3.13. The maximum atomic E-state index is 12.8. The number of carbonyl (C=O) groups is 1. The van der Waals surface area contributed by atoms with Crippen LogP contribution in [0.2, 0.25) is 0 Å². The van der Waals surface area contributed by atoms with E-state index >= 15 is 0 Å². The Bertz CT molecular complexity index is 613. The van der Waals surface area contributed by atoms with Crippen LogP contribution in [0.3, 0.4) is 0 Å². The molecule has 1 fully saturated rings. The van der Waals surface area contributed by atoms with Crippen LogP contribution >= 0.6 is 0 Å². The zero-order valence-electron chi connectivity index (χ0n) is 15.1. The van der Waals surface area contributed by atoms with Crippen LogP contribution in [-0.4, -0.2) is 30.7 Å². The molecule has 0 heterocycles. The van der Waals surface area contributed by atoms with Gasteiger partial charge in [-0.05, 0) is 37.3 Å². The molecule has 3 N–H and O–H groups in total. The molecule has 0 aromatic heterocycles. The highest BCUT2D eigenvalue weighted by Crippen LogP contribution is 2.49. The molecule has 2 aliphatic rings. The number of hydrogen-bond acceptors (Lipinski definition) is 3. The Morgan fingerprint density at radius 2 is 2.12 bits per heavy atom. The Labute approximate surface area is 145 Å². The molecule has 3 atom stereocenters. The minimum absolute atomic E-state index is 0.0356. The van der Waals surface area contributed by atoms with Crippen molar-refractivity contribution in [3.8, 4) is 0 Å². The highest BCUT2D eigenvalue weighted by molar-refractivity contribution is 5.88. The van der Waals surface area contributed by atoms with Crippen LogP contribution in [0, 0.1) is 5.41 Å². The van der Waals surface area contributed by atoms with Gasteiger partial charge in [0, 0.05) is 30.9 Å². The van der Waals surface area contributed by atoms with E-state index in [-0.39, 0.29) is 17.4 Å². The second-order valence-corrected chi connectivity index (χ2v) is 7.84. The number of hydrogen-bond donors (Lipinski definition) is 2. The molecule has 1 aromatic carbocycles. The van der Waals surface area contributed by atoms with Crippen LogP contribution in [0.15, 0.2) is 24.3 Å². The van der Waals surface area contributed by atoms with Crippen LogP contribution in [0.1, 0.15) is 57.1 Å². The van der Waals surface area contributed by atoms with Crippen LogP contribution in [0.4, 0.5) is 0 Å². The van der Waals surface area contributed by atoms with E-state index in [1.54, 1.807) is 0 Å². The van der Waals surface area contributed by atoms with Crippen molar-refractivity contribution in [2.75, 3.05) is 13.2 Å². The average molecular weight is 330 g/mol. The molecule has 1 amide bonds. The standard InChI is InChI=1S/C20H30N2O2/c1-4-24-17-12-20(21,19(17,2)3)18(23)22-13-15-10-7-9-14-8-5-6-11-16(14)15/h5-6,8,11,15,17H,4,7,9-10,12-13,21H2,1-3H3,(H,22,23). The van der Waals surface area contributed by atoms with Gasteiger partial charge in [0.25, 0.3) is 0 Å². The third-order valence-electron chi connectivity index (χ3n) is 6.24. The lowest BCUT2D eigenvalue weighted by Gasteiger charge is -2.57. The van der Waals surface area contributed by atoms with E-state index in [4.69, 9.17) is 10.5 Å². The second-order valence-electron chi connectivity index (χ2n) is 7.84. The maximum Gasteiger partial charge on any atom is 0.240 e. The van der Waals surface area contributed by atoms with Crippen LogP contribution in [-0.2, 0) is 16.0 Å². The zero-order valence-corrected chi connectivity index (χ0v) is 15.1. The van der Waals surface area contributed by atoms with Gasteiger partial charge >= 0.3 is 0 Å². The van der Waals surface area contributed by atoms with Crippen LogP contribution in [0.5, 0.6) is 0 Å². The van der Waals surface area contributed by atoms with Crippen molar-refractivity contribution in [2.45, 2.75) is 64.0 Å². The molecule has 0 aliphatic heterocycles. The normalized spacial score (nSPS) is 31.0. The quantitative estimate of drug-likeness (QED) is 0.872. The third-order valence-corrected chi connectivity index (χ3v) is 6.24. The van der Waals surface area contributed by atoms with Crippen molar-refractivity contribution in [1.82, 2.24) is 5.32 Å². The predicted molar refractivity (Wildman–Crippen MR) is 95.9 cm³/mol. The van der Waals surface area contributed by atoms with Gasteiger partial charge in [0.2, 0.25) is 5.91 Å². The molecular weight excluding hydrogens is 300 g/mol. The molecule has 132 valence electrons. The average Bonchev–Trinajstić information content (AvgIpc) is 2.59. The molecule has 3 rings (SSSR count). The van der Waals surface area contributed by atoms with Gasteiger partial charge in [0.1, 0.15) is 5.54 Å². The first-order valence-electron chi connectivity index (χ1n) is 9.16. The third kappa shape index (κ3) is 2.76. The lowest BCUT2D eigenvalue weighted by atomic mass is 9.54. The number of rotatable bonds is 5. The number of amides is 1. The lowest BCUT2D eigenvalue weighted by molar-refractivity contribution is -0.170.